The number of rotatable bonds is 19. The number of nitrogens with zero attached hydrogens (tertiary/aromatic N) is 1. The second-order valence-electron chi connectivity index (χ2n) is 9.36. The van der Waals surface area contributed by atoms with Crippen LogP contribution in [0.3, 0.4) is 0 Å². The predicted octanol–water partition coefficient (Wildman–Crippen LogP) is 5.20. The van der Waals surface area contributed by atoms with Crippen molar-refractivity contribution in [2.45, 2.75) is 83.3 Å². The lowest BCUT2D eigenvalue weighted by atomic mass is 10.1. The van der Waals surface area contributed by atoms with Gasteiger partial charge in [0.05, 0.1) is 40.1 Å². The number of esters is 1. The molecule has 0 bridgehead atoms. The fraction of sp³-hybridized carbons (Fsp3) is 0.630. The number of unbranched alkanes of at least 4 members (excludes halogenated alkanes) is 3. The summed E-state index contributed by atoms with van der Waals surface area (Å²) in [7, 11) is 5.71. The Bertz CT molecular complexity index is 643. The third-order valence-electron chi connectivity index (χ3n) is 4.72. The van der Waals surface area contributed by atoms with E-state index in [1.54, 1.807) is 0 Å². The van der Waals surface area contributed by atoms with Gasteiger partial charge in [0, 0.05) is 0 Å². The molecule has 0 aromatic heterocycles. The molecule has 0 fully saturated rings. The first-order valence-electron chi connectivity index (χ1n) is 12.1. The first kappa shape index (κ1) is 30.8. The number of aliphatic hydroxyl groups excluding tert-OH is 1. The van der Waals surface area contributed by atoms with E-state index in [4.69, 9.17) is 9.84 Å². The van der Waals surface area contributed by atoms with E-state index in [1.165, 1.54) is 25.7 Å². The highest BCUT2D eigenvalue weighted by Gasteiger charge is 2.25. The fourth-order valence-corrected chi connectivity index (χ4v) is 3.16. The van der Waals surface area contributed by atoms with Gasteiger partial charge in [-0.05, 0) is 38.5 Å². The fourth-order valence-electron chi connectivity index (χ4n) is 3.16. The SMILES string of the molecule is CCCCC/C=C/C/C=C/C/C=C/C/C=C/CC(O)CC(=O)OC(CC(=O)O)C[N+](C)(C)C. The van der Waals surface area contributed by atoms with E-state index in [-0.39, 0.29) is 12.8 Å². The third kappa shape index (κ3) is 22.8. The van der Waals surface area contributed by atoms with Gasteiger partial charge in [-0.15, -0.1) is 0 Å². The van der Waals surface area contributed by atoms with Crippen LogP contribution in [0.4, 0.5) is 0 Å². The molecular formula is C27H46NO5+. The van der Waals surface area contributed by atoms with Crippen LogP contribution in [0.15, 0.2) is 48.6 Å². The molecule has 0 spiro atoms. The number of carbonyl (C=O) groups is 2. The summed E-state index contributed by atoms with van der Waals surface area (Å²) in [4.78, 5) is 23.1. The maximum absolute atomic E-state index is 12.1. The van der Waals surface area contributed by atoms with Gasteiger partial charge in [0.1, 0.15) is 6.54 Å². The Kier molecular flexibility index (Phi) is 18.0. The molecule has 0 aromatic rings. The number of carbonyl (C=O) groups excluding carboxylic acids is 1. The van der Waals surface area contributed by atoms with Gasteiger partial charge in [0.25, 0.3) is 0 Å². The summed E-state index contributed by atoms with van der Waals surface area (Å²) in [5.41, 5.74) is 0. The number of carboxylic acid groups (broad SMARTS) is 1. The minimum Gasteiger partial charge on any atom is -0.481 e. The van der Waals surface area contributed by atoms with Gasteiger partial charge < -0.3 is 19.4 Å². The smallest absolute Gasteiger partial charge is 0.308 e. The van der Waals surface area contributed by atoms with Gasteiger partial charge in [-0.25, -0.2) is 0 Å². The maximum atomic E-state index is 12.1. The minimum atomic E-state index is -1.01. The summed E-state index contributed by atoms with van der Waals surface area (Å²) in [6.45, 7) is 2.61. The number of ether oxygens (including phenoxy) is 1. The zero-order chi connectivity index (χ0) is 25.0. The monoisotopic (exact) mass is 464 g/mol. The summed E-state index contributed by atoms with van der Waals surface area (Å²) in [6, 6.07) is 0. The Morgan fingerprint density at radius 2 is 1.39 bits per heavy atom. The highest BCUT2D eigenvalue weighted by atomic mass is 16.5. The summed E-state index contributed by atoms with van der Waals surface area (Å²) >= 11 is 0. The van der Waals surface area contributed by atoms with Crippen LogP contribution in [0.2, 0.25) is 0 Å². The molecule has 0 heterocycles. The van der Waals surface area contributed by atoms with Crippen molar-refractivity contribution in [3.63, 3.8) is 0 Å². The molecule has 0 aromatic carbocycles. The zero-order valence-electron chi connectivity index (χ0n) is 21.1. The molecule has 0 saturated heterocycles. The molecule has 0 radical (unpaired) electrons. The molecule has 2 atom stereocenters. The minimum absolute atomic E-state index is 0.148. The van der Waals surface area contributed by atoms with E-state index < -0.39 is 24.1 Å². The number of aliphatic carboxylic acids is 1. The highest BCUT2D eigenvalue weighted by molar-refractivity contribution is 5.72. The molecule has 0 amide bonds. The molecule has 33 heavy (non-hydrogen) atoms. The van der Waals surface area contributed by atoms with Gasteiger partial charge in [-0.1, -0.05) is 68.4 Å². The first-order valence-corrected chi connectivity index (χ1v) is 12.1. The number of quaternary nitrogens is 1. The number of carboxylic acids is 1. The van der Waals surface area contributed by atoms with Crippen molar-refractivity contribution < 1.29 is 29.0 Å². The number of hydrogen-bond donors (Lipinski definition) is 2. The van der Waals surface area contributed by atoms with E-state index in [0.29, 0.717) is 17.4 Å². The lowest BCUT2D eigenvalue weighted by Crippen LogP contribution is -2.44. The van der Waals surface area contributed by atoms with Gasteiger partial charge in [0.15, 0.2) is 6.10 Å². The van der Waals surface area contributed by atoms with E-state index in [0.717, 1.165) is 19.3 Å². The third-order valence-corrected chi connectivity index (χ3v) is 4.72. The molecule has 188 valence electrons. The standard InChI is InChI=1S/C27H45NO5/c1-5-6-7-8-9-10-11-12-13-14-15-16-17-18-19-20-24(29)21-27(32)33-25(22-26(30)31)23-28(2,3)4/h9-10,12-13,15-16,18-19,24-25,29H,5-8,11,14,17,20-23H2,1-4H3/p+1/b10-9+,13-12+,16-15+,19-18+. The molecule has 2 N–H and O–H groups in total. The van der Waals surface area contributed by atoms with E-state index in [2.05, 4.69) is 43.4 Å². The van der Waals surface area contributed by atoms with Gasteiger partial charge in [-0.3, -0.25) is 9.59 Å². The van der Waals surface area contributed by atoms with Gasteiger partial charge in [0.2, 0.25) is 0 Å². The van der Waals surface area contributed by atoms with Gasteiger partial charge >= 0.3 is 11.9 Å². The average molecular weight is 465 g/mol. The largest absolute Gasteiger partial charge is 0.481 e. The second kappa shape index (κ2) is 19.3. The van der Waals surface area contributed by atoms with Crippen molar-refractivity contribution in [2.24, 2.45) is 0 Å². The molecule has 6 heteroatoms. The maximum Gasteiger partial charge on any atom is 0.308 e. The van der Waals surface area contributed by atoms with Crippen LogP contribution in [-0.4, -0.2) is 66.5 Å². The molecule has 0 aliphatic rings. The van der Waals surface area contributed by atoms with Crippen LogP contribution < -0.4 is 0 Å². The van der Waals surface area contributed by atoms with Crippen LogP contribution in [0.25, 0.3) is 0 Å². The Labute approximate surface area is 200 Å². The van der Waals surface area contributed by atoms with Crippen molar-refractivity contribution in [1.82, 2.24) is 0 Å². The average Bonchev–Trinajstić information content (AvgIpc) is 2.68. The lowest BCUT2D eigenvalue weighted by molar-refractivity contribution is -0.873. The number of likely N-dealkylation sites (N-methyl/N-ethyl adjacent to an activating group) is 1. The Balaban J connectivity index is 4.04. The summed E-state index contributed by atoms with van der Waals surface area (Å²) in [5, 5.41) is 19.1. The number of hydrogen-bond acceptors (Lipinski definition) is 4. The summed E-state index contributed by atoms with van der Waals surface area (Å²) < 4.78 is 5.78. The Morgan fingerprint density at radius 3 is 1.91 bits per heavy atom. The number of aliphatic hydroxyl groups is 1. The van der Waals surface area contributed by atoms with E-state index >= 15 is 0 Å². The highest BCUT2D eigenvalue weighted by Crippen LogP contribution is 2.09. The van der Waals surface area contributed by atoms with Gasteiger partial charge in [-0.2, -0.15) is 0 Å². The molecule has 0 saturated carbocycles. The predicted molar refractivity (Wildman–Crippen MR) is 135 cm³/mol. The van der Waals surface area contributed by atoms with Crippen molar-refractivity contribution in [2.75, 3.05) is 27.7 Å². The Hall–Kier alpha value is -2.18. The van der Waals surface area contributed by atoms with Crippen LogP contribution in [0.1, 0.15) is 71.1 Å². The summed E-state index contributed by atoms with van der Waals surface area (Å²) in [5.74, 6) is -1.58. The molecule has 0 aliphatic heterocycles. The van der Waals surface area contributed by atoms with Crippen molar-refractivity contribution in [1.29, 1.82) is 0 Å². The van der Waals surface area contributed by atoms with E-state index in [9.17, 15) is 14.7 Å². The lowest BCUT2D eigenvalue weighted by Gasteiger charge is -2.28. The molecular weight excluding hydrogens is 418 g/mol. The molecule has 6 nitrogen and oxygen atoms in total. The normalized spacial score (nSPS) is 14.6. The molecule has 0 rings (SSSR count). The molecule has 0 aliphatic carbocycles. The van der Waals surface area contributed by atoms with Crippen molar-refractivity contribution >= 4 is 11.9 Å². The quantitative estimate of drug-likeness (QED) is 0.119. The second-order valence-corrected chi connectivity index (χ2v) is 9.36. The van der Waals surface area contributed by atoms with Crippen LogP contribution >= 0.6 is 0 Å². The zero-order valence-corrected chi connectivity index (χ0v) is 21.1. The molecule has 2 unspecified atom stereocenters. The van der Waals surface area contributed by atoms with Crippen molar-refractivity contribution in [3.8, 4) is 0 Å². The van der Waals surface area contributed by atoms with Crippen LogP contribution in [-0.2, 0) is 14.3 Å². The van der Waals surface area contributed by atoms with Crippen LogP contribution in [0, 0.1) is 0 Å². The van der Waals surface area contributed by atoms with Crippen molar-refractivity contribution in [3.05, 3.63) is 48.6 Å². The first-order chi connectivity index (χ1) is 15.6. The number of allylic oxidation sites excluding steroid dienone is 7. The Morgan fingerprint density at radius 1 is 0.848 bits per heavy atom. The van der Waals surface area contributed by atoms with E-state index in [1.807, 2.05) is 33.3 Å². The topological polar surface area (TPSA) is 83.8 Å². The summed E-state index contributed by atoms with van der Waals surface area (Å²) in [6.07, 6.45) is 22.9. The van der Waals surface area contributed by atoms with Crippen LogP contribution in [0.5, 0.6) is 0 Å².